The van der Waals surface area contributed by atoms with Gasteiger partial charge in [-0.25, -0.2) is 9.55 Å². The quantitative estimate of drug-likeness (QED) is 0.239. The van der Waals surface area contributed by atoms with E-state index in [2.05, 4.69) is 109 Å². The maximum absolute atomic E-state index is 6.67. The van der Waals surface area contributed by atoms with Crippen molar-refractivity contribution in [2.75, 3.05) is 0 Å². The van der Waals surface area contributed by atoms with Crippen LogP contribution in [0.2, 0.25) is 0 Å². The lowest BCUT2D eigenvalue weighted by Gasteiger charge is -2.42. The van der Waals surface area contributed by atoms with Crippen LogP contribution >= 0.6 is 0 Å². The van der Waals surface area contributed by atoms with Gasteiger partial charge >= 0.3 is 0 Å². The standard InChI is InChI=1S/C33H37N2O/c1-19(2)21-13-16-35(8)26(18-21)27-20(3)9-11-23-24-17-22-10-12-25-28(29(22)34-31(24)36-30(23)27)33(6,7)15-14-32(25,4)5/h9-13,16-19H,14-15H2,1-8H3/q+1. The van der Waals surface area contributed by atoms with Crippen LogP contribution in [0.1, 0.15) is 82.6 Å². The molecule has 3 nitrogen and oxygen atoms in total. The van der Waals surface area contributed by atoms with Gasteiger partial charge in [-0.15, -0.1) is 0 Å². The number of benzene rings is 2. The van der Waals surface area contributed by atoms with Crippen molar-refractivity contribution in [3.05, 3.63) is 70.9 Å². The number of furan rings is 1. The first-order valence-corrected chi connectivity index (χ1v) is 13.3. The molecule has 3 aromatic heterocycles. The van der Waals surface area contributed by atoms with Crippen LogP contribution in [0, 0.1) is 6.92 Å². The van der Waals surface area contributed by atoms with Crippen LogP contribution < -0.4 is 4.57 Å². The van der Waals surface area contributed by atoms with Crippen molar-refractivity contribution in [2.24, 2.45) is 7.05 Å². The summed E-state index contributed by atoms with van der Waals surface area (Å²) in [6.45, 7) is 16.1. The van der Waals surface area contributed by atoms with E-state index in [0.29, 0.717) is 5.92 Å². The lowest BCUT2D eigenvalue weighted by atomic mass is 9.62. The Morgan fingerprint density at radius 3 is 2.42 bits per heavy atom. The summed E-state index contributed by atoms with van der Waals surface area (Å²) in [4.78, 5) is 5.25. The Morgan fingerprint density at radius 2 is 1.67 bits per heavy atom. The zero-order valence-corrected chi connectivity index (χ0v) is 22.9. The zero-order valence-electron chi connectivity index (χ0n) is 22.9. The van der Waals surface area contributed by atoms with E-state index in [9.17, 15) is 0 Å². The normalized spacial score (nSPS) is 16.8. The number of pyridine rings is 2. The Morgan fingerprint density at radius 1 is 0.917 bits per heavy atom. The maximum atomic E-state index is 6.67. The molecule has 0 fully saturated rings. The molecule has 3 heterocycles. The van der Waals surface area contributed by atoms with Crippen molar-refractivity contribution >= 4 is 33.0 Å². The second kappa shape index (κ2) is 7.65. The molecule has 0 unspecified atom stereocenters. The van der Waals surface area contributed by atoms with Crippen molar-refractivity contribution in [3.8, 4) is 11.3 Å². The average Bonchev–Trinajstić information content (AvgIpc) is 3.17. The first-order valence-electron chi connectivity index (χ1n) is 13.3. The van der Waals surface area contributed by atoms with Crippen LogP contribution in [0.5, 0.6) is 0 Å². The fraction of sp³-hybridized carbons (Fsp3) is 0.394. The van der Waals surface area contributed by atoms with E-state index < -0.39 is 0 Å². The van der Waals surface area contributed by atoms with Crippen molar-refractivity contribution in [1.29, 1.82) is 0 Å². The third-order valence-electron chi connectivity index (χ3n) is 8.69. The molecule has 2 aromatic carbocycles. The van der Waals surface area contributed by atoms with Gasteiger partial charge in [0, 0.05) is 28.3 Å². The molecule has 0 radical (unpaired) electrons. The Bertz CT molecular complexity index is 1680. The lowest BCUT2D eigenvalue weighted by molar-refractivity contribution is -0.660. The minimum atomic E-state index is 0.0871. The van der Waals surface area contributed by atoms with Crippen LogP contribution in [-0.4, -0.2) is 4.98 Å². The molecule has 0 atom stereocenters. The summed E-state index contributed by atoms with van der Waals surface area (Å²) in [5.74, 6) is 0.464. The molecule has 0 aliphatic heterocycles. The average molecular weight is 478 g/mol. The van der Waals surface area contributed by atoms with E-state index >= 15 is 0 Å². The van der Waals surface area contributed by atoms with Gasteiger partial charge in [0.05, 0.1) is 11.1 Å². The van der Waals surface area contributed by atoms with Crippen LogP contribution in [0.3, 0.4) is 0 Å². The molecule has 0 amide bonds. The summed E-state index contributed by atoms with van der Waals surface area (Å²) in [7, 11) is 2.11. The lowest BCUT2D eigenvalue weighted by Crippen LogP contribution is -2.34. The second-order valence-electron chi connectivity index (χ2n) is 12.5. The zero-order chi connectivity index (χ0) is 25.6. The molecule has 0 spiro atoms. The number of fused-ring (bicyclic) bond motifs is 6. The molecular weight excluding hydrogens is 440 g/mol. The molecule has 0 bridgehead atoms. The highest BCUT2D eigenvalue weighted by molar-refractivity contribution is 6.11. The molecule has 0 saturated heterocycles. The topological polar surface area (TPSA) is 29.9 Å². The molecule has 1 aliphatic carbocycles. The molecule has 6 rings (SSSR count). The summed E-state index contributed by atoms with van der Waals surface area (Å²) in [6, 6.07) is 15.9. The number of aryl methyl sites for hydroxylation is 2. The predicted molar refractivity (Wildman–Crippen MR) is 150 cm³/mol. The third-order valence-corrected chi connectivity index (χ3v) is 8.69. The van der Waals surface area contributed by atoms with Gasteiger partial charge in [0.2, 0.25) is 11.4 Å². The van der Waals surface area contributed by atoms with Gasteiger partial charge in [-0.3, -0.25) is 0 Å². The Hall–Kier alpha value is -3.20. The number of rotatable bonds is 2. The third kappa shape index (κ3) is 3.32. The molecule has 184 valence electrons. The largest absolute Gasteiger partial charge is 0.437 e. The van der Waals surface area contributed by atoms with Crippen molar-refractivity contribution in [3.63, 3.8) is 0 Å². The Labute approximate surface area is 214 Å². The van der Waals surface area contributed by atoms with Gasteiger partial charge < -0.3 is 4.42 Å². The summed E-state index contributed by atoms with van der Waals surface area (Å²) in [6.07, 6.45) is 4.52. The van der Waals surface area contributed by atoms with E-state index in [4.69, 9.17) is 9.40 Å². The van der Waals surface area contributed by atoms with Gasteiger partial charge in [-0.05, 0) is 64.8 Å². The molecule has 3 heteroatoms. The molecule has 36 heavy (non-hydrogen) atoms. The predicted octanol–water partition coefficient (Wildman–Crippen LogP) is 8.41. The van der Waals surface area contributed by atoms with E-state index in [0.717, 1.165) is 39.6 Å². The van der Waals surface area contributed by atoms with Crippen LogP contribution in [-0.2, 0) is 17.9 Å². The number of aromatic nitrogens is 2. The highest BCUT2D eigenvalue weighted by Gasteiger charge is 2.38. The first kappa shape index (κ1) is 23.2. The minimum Gasteiger partial charge on any atom is -0.437 e. The Balaban J connectivity index is 1.68. The molecular formula is C33H37N2O+. The highest BCUT2D eigenvalue weighted by Crippen LogP contribution is 2.49. The van der Waals surface area contributed by atoms with Crippen molar-refractivity contribution in [1.82, 2.24) is 4.98 Å². The molecule has 0 N–H and O–H groups in total. The van der Waals surface area contributed by atoms with Crippen LogP contribution in [0.4, 0.5) is 0 Å². The summed E-state index contributed by atoms with van der Waals surface area (Å²) in [5.41, 5.74) is 10.7. The van der Waals surface area contributed by atoms with Crippen LogP contribution in [0.25, 0.3) is 44.2 Å². The number of hydrogen-bond donors (Lipinski definition) is 0. The van der Waals surface area contributed by atoms with Crippen LogP contribution in [0.15, 0.2) is 53.1 Å². The number of hydrogen-bond acceptors (Lipinski definition) is 2. The molecule has 5 aromatic rings. The fourth-order valence-electron chi connectivity index (χ4n) is 6.24. The van der Waals surface area contributed by atoms with Gasteiger partial charge in [-0.1, -0.05) is 65.8 Å². The van der Waals surface area contributed by atoms with Gasteiger partial charge in [0.15, 0.2) is 11.8 Å². The van der Waals surface area contributed by atoms with E-state index in [-0.39, 0.29) is 10.8 Å². The summed E-state index contributed by atoms with van der Waals surface area (Å²) >= 11 is 0. The minimum absolute atomic E-state index is 0.0871. The van der Waals surface area contributed by atoms with Gasteiger partial charge in [-0.2, -0.15) is 0 Å². The van der Waals surface area contributed by atoms with Crippen molar-refractivity contribution in [2.45, 2.75) is 78.1 Å². The SMILES string of the molecule is Cc1ccc2c(oc3nc4c5c(ccc4cc32)C(C)(C)CCC5(C)C)c1-c1cc(C(C)C)cc[n+]1C. The van der Waals surface area contributed by atoms with Gasteiger partial charge in [0.1, 0.15) is 7.05 Å². The van der Waals surface area contributed by atoms with Crippen molar-refractivity contribution < 1.29 is 8.98 Å². The fourth-order valence-corrected chi connectivity index (χ4v) is 6.24. The number of nitrogens with zero attached hydrogens (tertiary/aromatic N) is 2. The molecule has 0 saturated carbocycles. The first-order chi connectivity index (χ1) is 17.0. The van der Waals surface area contributed by atoms with E-state index in [1.54, 1.807) is 0 Å². The smallest absolute Gasteiger partial charge is 0.227 e. The van der Waals surface area contributed by atoms with E-state index in [1.165, 1.54) is 39.8 Å². The summed E-state index contributed by atoms with van der Waals surface area (Å²) in [5, 5.41) is 3.42. The Kier molecular flexibility index (Phi) is 4.93. The van der Waals surface area contributed by atoms with Gasteiger partial charge in [0.25, 0.3) is 0 Å². The molecule has 1 aliphatic rings. The summed E-state index contributed by atoms with van der Waals surface area (Å²) < 4.78 is 8.87. The maximum Gasteiger partial charge on any atom is 0.227 e. The highest BCUT2D eigenvalue weighted by atomic mass is 16.3. The second-order valence-corrected chi connectivity index (χ2v) is 12.5. The monoisotopic (exact) mass is 477 g/mol. The van der Waals surface area contributed by atoms with E-state index in [1.807, 2.05) is 0 Å².